The zero-order valence-electron chi connectivity index (χ0n) is 13.2. The van der Waals surface area contributed by atoms with Gasteiger partial charge in [-0.15, -0.1) is 0 Å². The molecule has 1 heterocycles. The van der Waals surface area contributed by atoms with Gasteiger partial charge in [-0.1, -0.05) is 29.3 Å². The zero-order chi connectivity index (χ0) is 18.0. The number of halogens is 3. The molecule has 2 amide bonds. The molecule has 1 fully saturated rings. The van der Waals surface area contributed by atoms with Crippen molar-refractivity contribution >= 4 is 35.0 Å². The number of hydrogen-bond acceptors (Lipinski definition) is 2. The van der Waals surface area contributed by atoms with Gasteiger partial charge in [0, 0.05) is 36.8 Å². The van der Waals surface area contributed by atoms with E-state index in [-0.39, 0.29) is 11.8 Å². The van der Waals surface area contributed by atoms with Gasteiger partial charge in [0.15, 0.2) is 0 Å². The van der Waals surface area contributed by atoms with Gasteiger partial charge in [0.1, 0.15) is 5.82 Å². The molecule has 0 N–H and O–H groups in total. The number of hydrogen-bond donors (Lipinski definition) is 0. The van der Waals surface area contributed by atoms with Gasteiger partial charge in [0.25, 0.3) is 11.8 Å². The number of nitrogens with zero attached hydrogens (tertiary/aromatic N) is 2. The smallest absolute Gasteiger partial charge is 0.255 e. The molecule has 0 aromatic heterocycles. The van der Waals surface area contributed by atoms with E-state index in [0.717, 1.165) is 0 Å². The van der Waals surface area contributed by atoms with Crippen molar-refractivity contribution < 1.29 is 14.0 Å². The van der Waals surface area contributed by atoms with Gasteiger partial charge >= 0.3 is 0 Å². The quantitative estimate of drug-likeness (QED) is 0.796. The van der Waals surface area contributed by atoms with Crippen LogP contribution in [0.25, 0.3) is 0 Å². The van der Waals surface area contributed by atoms with E-state index in [1.807, 2.05) is 0 Å². The summed E-state index contributed by atoms with van der Waals surface area (Å²) in [6, 6.07) is 10.3. The van der Waals surface area contributed by atoms with Gasteiger partial charge < -0.3 is 9.80 Å². The molecule has 0 bridgehead atoms. The second kappa shape index (κ2) is 7.42. The van der Waals surface area contributed by atoms with Crippen molar-refractivity contribution in [2.24, 2.45) is 0 Å². The van der Waals surface area contributed by atoms with Crippen molar-refractivity contribution in [1.29, 1.82) is 0 Å². The van der Waals surface area contributed by atoms with Crippen LogP contribution in [-0.2, 0) is 0 Å². The Morgan fingerprint density at radius 3 is 2.12 bits per heavy atom. The number of carbonyl (C=O) groups excluding carboxylic acids is 2. The van der Waals surface area contributed by atoms with Gasteiger partial charge in [-0.05, 0) is 36.4 Å². The minimum Gasteiger partial charge on any atom is -0.335 e. The summed E-state index contributed by atoms with van der Waals surface area (Å²) in [7, 11) is 0. The first-order chi connectivity index (χ1) is 12.0. The van der Waals surface area contributed by atoms with E-state index in [9.17, 15) is 14.0 Å². The molecule has 0 radical (unpaired) electrons. The second-order valence-corrected chi connectivity index (χ2v) is 6.56. The molecule has 0 spiro atoms. The molecule has 3 rings (SSSR count). The third-order valence-corrected chi connectivity index (χ3v) is 4.64. The van der Waals surface area contributed by atoms with Crippen LogP contribution in [0.4, 0.5) is 4.39 Å². The van der Waals surface area contributed by atoms with Crippen LogP contribution in [0.2, 0.25) is 10.0 Å². The summed E-state index contributed by atoms with van der Waals surface area (Å²) in [4.78, 5) is 28.2. The molecule has 1 aliphatic heterocycles. The Bertz CT molecular complexity index is 820. The lowest BCUT2D eigenvalue weighted by atomic mass is 10.1. The maximum atomic E-state index is 13.3. The van der Waals surface area contributed by atoms with Crippen molar-refractivity contribution in [3.8, 4) is 0 Å². The summed E-state index contributed by atoms with van der Waals surface area (Å²) in [6.45, 7) is 1.54. The van der Waals surface area contributed by atoms with E-state index < -0.39 is 5.82 Å². The summed E-state index contributed by atoms with van der Waals surface area (Å²) in [6.07, 6.45) is 0. The fourth-order valence-electron chi connectivity index (χ4n) is 2.75. The summed E-state index contributed by atoms with van der Waals surface area (Å²) < 4.78 is 13.3. The molecule has 0 saturated carbocycles. The van der Waals surface area contributed by atoms with Crippen molar-refractivity contribution in [3.63, 3.8) is 0 Å². The third kappa shape index (κ3) is 3.94. The second-order valence-electron chi connectivity index (χ2n) is 5.72. The lowest BCUT2D eigenvalue weighted by Gasteiger charge is -2.35. The topological polar surface area (TPSA) is 40.6 Å². The van der Waals surface area contributed by atoms with Crippen LogP contribution >= 0.6 is 23.2 Å². The first-order valence-corrected chi connectivity index (χ1v) is 8.50. The van der Waals surface area contributed by atoms with Crippen LogP contribution in [0.5, 0.6) is 0 Å². The predicted octanol–water partition coefficient (Wildman–Crippen LogP) is 3.73. The first-order valence-electron chi connectivity index (χ1n) is 7.75. The molecule has 25 heavy (non-hydrogen) atoms. The van der Waals surface area contributed by atoms with Crippen molar-refractivity contribution in [3.05, 3.63) is 69.5 Å². The van der Waals surface area contributed by atoms with Crippen LogP contribution in [0, 0.1) is 5.82 Å². The molecule has 130 valence electrons. The highest BCUT2D eigenvalue weighted by molar-refractivity contribution is 6.36. The van der Waals surface area contributed by atoms with E-state index in [0.29, 0.717) is 47.4 Å². The van der Waals surface area contributed by atoms with E-state index in [4.69, 9.17) is 23.2 Å². The monoisotopic (exact) mass is 380 g/mol. The minimum atomic E-state index is -0.447. The minimum absolute atomic E-state index is 0.195. The largest absolute Gasteiger partial charge is 0.335 e. The molecule has 4 nitrogen and oxygen atoms in total. The molecular formula is C18H15Cl2FN2O2. The Morgan fingerprint density at radius 1 is 0.880 bits per heavy atom. The van der Waals surface area contributed by atoms with E-state index in [2.05, 4.69) is 0 Å². The molecule has 1 saturated heterocycles. The number of carbonyl (C=O) groups is 2. The van der Waals surface area contributed by atoms with Gasteiger partial charge in [-0.2, -0.15) is 0 Å². The predicted molar refractivity (Wildman–Crippen MR) is 94.7 cm³/mol. The van der Waals surface area contributed by atoms with Crippen molar-refractivity contribution in [2.75, 3.05) is 26.2 Å². The molecule has 1 aliphatic rings. The molecule has 0 aliphatic carbocycles. The lowest BCUT2D eigenvalue weighted by molar-refractivity contribution is 0.0535. The fraction of sp³-hybridized carbons (Fsp3) is 0.222. The molecule has 0 unspecified atom stereocenters. The Hall–Kier alpha value is -2.11. The highest BCUT2D eigenvalue weighted by Gasteiger charge is 2.26. The number of benzene rings is 2. The Kier molecular flexibility index (Phi) is 5.25. The SMILES string of the molecule is O=C(c1cccc(F)c1)N1CCN(C(=O)c2ccc(Cl)cc2Cl)CC1. The Morgan fingerprint density at radius 2 is 1.52 bits per heavy atom. The summed E-state index contributed by atoms with van der Waals surface area (Å²) in [5, 5.41) is 0.767. The third-order valence-electron chi connectivity index (χ3n) is 4.09. The summed E-state index contributed by atoms with van der Waals surface area (Å²) in [5.41, 5.74) is 0.691. The molecule has 2 aromatic carbocycles. The van der Waals surface area contributed by atoms with Crippen molar-refractivity contribution in [2.45, 2.75) is 0 Å². The highest BCUT2D eigenvalue weighted by Crippen LogP contribution is 2.23. The average Bonchev–Trinajstić information content (AvgIpc) is 2.61. The number of amides is 2. The standard InChI is InChI=1S/C18H15Cl2FN2O2/c19-13-4-5-15(16(20)11-13)18(25)23-8-6-22(7-9-23)17(24)12-2-1-3-14(21)10-12/h1-5,10-11H,6-9H2. The number of piperazine rings is 1. The average molecular weight is 381 g/mol. The van der Waals surface area contributed by atoms with Crippen LogP contribution in [0.15, 0.2) is 42.5 Å². The van der Waals surface area contributed by atoms with Gasteiger partial charge in [-0.25, -0.2) is 4.39 Å². The normalized spacial score (nSPS) is 14.5. The van der Waals surface area contributed by atoms with E-state index >= 15 is 0 Å². The van der Waals surface area contributed by atoms with Gasteiger partial charge in [0.2, 0.25) is 0 Å². The zero-order valence-corrected chi connectivity index (χ0v) is 14.7. The molecule has 2 aromatic rings. The molecule has 7 heteroatoms. The Balaban J connectivity index is 1.65. The van der Waals surface area contributed by atoms with Crippen LogP contribution < -0.4 is 0 Å². The highest BCUT2D eigenvalue weighted by atomic mass is 35.5. The maximum Gasteiger partial charge on any atom is 0.255 e. The van der Waals surface area contributed by atoms with E-state index in [1.54, 1.807) is 28.0 Å². The maximum absolute atomic E-state index is 13.3. The van der Waals surface area contributed by atoms with Crippen LogP contribution in [-0.4, -0.2) is 47.8 Å². The molecular weight excluding hydrogens is 366 g/mol. The van der Waals surface area contributed by atoms with Gasteiger partial charge in [0.05, 0.1) is 10.6 Å². The lowest BCUT2D eigenvalue weighted by Crippen LogP contribution is -2.50. The molecule has 0 atom stereocenters. The summed E-state index contributed by atoms with van der Waals surface area (Å²) in [5.74, 6) is -0.882. The van der Waals surface area contributed by atoms with Crippen LogP contribution in [0.1, 0.15) is 20.7 Å². The van der Waals surface area contributed by atoms with Gasteiger partial charge in [-0.3, -0.25) is 9.59 Å². The Labute approximate surface area is 154 Å². The van der Waals surface area contributed by atoms with Crippen LogP contribution in [0.3, 0.4) is 0 Å². The summed E-state index contributed by atoms with van der Waals surface area (Å²) >= 11 is 11.9. The van der Waals surface area contributed by atoms with Crippen molar-refractivity contribution in [1.82, 2.24) is 9.80 Å². The number of rotatable bonds is 2. The first kappa shape index (κ1) is 17.7. The fourth-order valence-corrected chi connectivity index (χ4v) is 3.24. The van der Waals surface area contributed by atoms with E-state index in [1.165, 1.54) is 24.3 Å².